The number of carbonyl (C=O) groups is 3. The van der Waals surface area contributed by atoms with E-state index in [1.165, 1.54) is 0 Å². The average Bonchev–Trinajstić information content (AvgIpc) is 2.73. The summed E-state index contributed by atoms with van der Waals surface area (Å²) in [5.41, 5.74) is 0. The number of carbonyl (C=O) groups excluding carboxylic acids is 3. The highest BCUT2D eigenvalue weighted by Crippen LogP contribution is 2.14. The van der Waals surface area contributed by atoms with Crippen LogP contribution in [0.1, 0.15) is 20.8 Å². The third kappa shape index (κ3) is 7.90. The van der Waals surface area contributed by atoms with Crippen LogP contribution in [0.2, 0.25) is 0 Å². The molecule has 0 aliphatic carbocycles. The lowest BCUT2D eigenvalue weighted by Gasteiger charge is -1.98. The standard InChI is InChI=1S/C7H6O6.C2H6O2.C2H6/c1-3(8)6(10)13-5-4(9)2-12-7(5)11;3-1-2-4;1-2/h9H,2H2,1H3;3-4H,1-2H2;1-2H3. The number of ether oxygens (including phenoxy) is 2. The Morgan fingerprint density at radius 3 is 2.00 bits per heavy atom. The van der Waals surface area contributed by atoms with E-state index in [-0.39, 0.29) is 19.8 Å². The fourth-order valence-electron chi connectivity index (χ4n) is 0.648. The first-order chi connectivity index (χ1) is 8.93. The number of rotatable bonds is 3. The third-order valence-electron chi connectivity index (χ3n) is 1.37. The molecular weight excluding hydrogens is 260 g/mol. The Kier molecular flexibility index (Phi) is 11.4. The molecule has 0 amide bonds. The summed E-state index contributed by atoms with van der Waals surface area (Å²) in [6.07, 6.45) is 0. The maximum absolute atomic E-state index is 10.7. The predicted octanol–water partition coefficient (Wildman–Crippen LogP) is -0.558. The molecule has 8 nitrogen and oxygen atoms in total. The van der Waals surface area contributed by atoms with Crippen molar-refractivity contribution in [2.45, 2.75) is 20.8 Å². The van der Waals surface area contributed by atoms with E-state index in [0.717, 1.165) is 6.92 Å². The van der Waals surface area contributed by atoms with Crippen molar-refractivity contribution in [3.63, 3.8) is 0 Å². The number of aliphatic hydroxyl groups excluding tert-OH is 3. The molecule has 0 unspecified atom stereocenters. The van der Waals surface area contributed by atoms with E-state index in [2.05, 4.69) is 9.47 Å². The molecule has 0 spiro atoms. The molecule has 1 heterocycles. The summed E-state index contributed by atoms with van der Waals surface area (Å²) in [5, 5.41) is 24.2. The zero-order valence-corrected chi connectivity index (χ0v) is 11.0. The highest BCUT2D eigenvalue weighted by atomic mass is 16.6. The fourth-order valence-corrected chi connectivity index (χ4v) is 0.648. The van der Waals surface area contributed by atoms with E-state index < -0.39 is 29.2 Å². The first-order valence-corrected chi connectivity index (χ1v) is 5.47. The maximum Gasteiger partial charge on any atom is 0.380 e. The minimum absolute atomic E-state index is 0.125. The van der Waals surface area contributed by atoms with Crippen molar-refractivity contribution in [3.8, 4) is 0 Å². The molecule has 0 aromatic carbocycles. The lowest BCUT2D eigenvalue weighted by atomic mass is 10.4. The Hall–Kier alpha value is -1.93. The summed E-state index contributed by atoms with van der Waals surface area (Å²) < 4.78 is 8.57. The topological polar surface area (TPSA) is 130 Å². The van der Waals surface area contributed by atoms with Crippen molar-refractivity contribution >= 4 is 17.7 Å². The molecule has 0 saturated carbocycles. The highest BCUT2D eigenvalue weighted by Gasteiger charge is 2.29. The summed E-state index contributed by atoms with van der Waals surface area (Å²) in [6.45, 7) is 4.40. The fraction of sp³-hybridized carbons (Fsp3) is 0.545. The van der Waals surface area contributed by atoms with Gasteiger partial charge in [-0.2, -0.15) is 0 Å². The number of cyclic esters (lactones) is 1. The van der Waals surface area contributed by atoms with Gasteiger partial charge in [-0.1, -0.05) is 13.8 Å². The molecule has 0 aromatic heterocycles. The molecular formula is C11H18O8. The van der Waals surface area contributed by atoms with E-state index in [1.807, 2.05) is 13.8 Å². The van der Waals surface area contributed by atoms with Crippen LogP contribution in [0.25, 0.3) is 0 Å². The molecule has 0 fully saturated rings. The van der Waals surface area contributed by atoms with Gasteiger partial charge in [-0.3, -0.25) is 4.79 Å². The summed E-state index contributed by atoms with van der Waals surface area (Å²) in [7, 11) is 0. The molecule has 19 heavy (non-hydrogen) atoms. The number of hydrogen-bond acceptors (Lipinski definition) is 8. The minimum Gasteiger partial charge on any atom is -0.505 e. The van der Waals surface area contributed by atoms with Gasteiger partial charge in [-0.25, -0.2) is 9.59 Å². The molecule has 0 aromatic rings. The number of ketones is 1. The molecule has 1 rings (SSSR count). The second-order valence-electron chi connectivity index (χ2n) is 2.74. The Bertz CT molecular complexity index is 343. The van der Waals surface area contributed by atoms with Crippen molar-refractivity contribution < 1.29 is 39.2 Å². The smallest absolute Gasteiger partial charge is 0.380 e. The van der Waals surface area contributed by atoms with Crippen LogP contribution >= 0.6 is 0 Å². The zero-order valence-electron chi connectivity index (χ0n) is 11.0. The van der Waals surface area contributed by atoms with Gasteiger partial charge in [0.25, 0.3) is 5.76 Å². The molecule has 0 saturated heterocycles. The molecule has 0 bridgehead atoms. The van der Waals surface area contributed by atoms with Crippen LogP contribution in [0.5, 0.6) is 0 Å². The van der Waals surface area contributed by atoms with Gasteiger partial charge in [0.15, 0.2) is 12.4 Å². The molecule has 1 aliphatic rings. The lowest BCUT2D eigenvalue weighted by Crippen LogP contribution is -2.16. The van der Waals surface area contributed by atoms with E-state index in [4.69, 9.17) is 15.3 Å². The highest BCUT2D eigenvalue weighted by molar-refractivity contribution is 6.33. The van der Waals surface area contributed by atoms with Crippen molar-refractivity contribution in [3.05, 3.63) is 11.5 Å². The lowest BCUT2D eigenvalue weighted by molar-refractivity contribution is -0.153. The quantitative estimate of drug-likeness (QED) is 0.462. The Balaban J connectivity index is 0. The Morgan fingerprint density at radius 2 is 1.74 bits per heavy atom. The monoisotopic (exact) mass is 278 g/mol. The van der Waals surface area contributed by atoms with E-state index in [9.17, 15) is 14.4 Å². The van der Waals surface area contributed by atoms with Crippen LogP contribution < -0.4 is 0 Å². The molecule has 8 heteroatoms. The van der Waals surface area contributed by atoms with E-state index in [1.54, 1.807) is 0 Å². The minimum atomic E-state index is -1.21. The third-order valence-corrected chi connectivity index (χ3v) is 1.37. The van der Waals surface area contributed by atoms with Gasteiger partial charge in [0, 0.05) is 6.92 Å². The largest absolute Gasteiger partial charge is 0.505 e. The van der Waals surface area contributed by atoms with Gasteiger partial charge >= 0.3 is 11.9 Å². The van der Waals surface area contributed by atoms with Crippen LogP contribution in [-0.2, 0) is 23.9 Å². The van der Waals surface area contributed by atoms with Crippen LogP contribution in [0.15, 0.2) is 11.5 Å². The number of aliphatic hydroxyl groups is 3. The summed E-state index contributed by atoms with van der Waals surface area (Å²) in [5.74, 6) is -4.12. The first kappa shape index (κ1) is 19.4. The Morgan fingerprint density at radius 1 is 1.26 bits per heavy atom. The summed E-state index contributed by atoms with van der Waals surface area (Å²) >= 11 is 0. The molecule has 3 N–H and O–H groups in total. The van der Waals surface area contributed by atoms with Crippen LogP contribution in [0.4, 0.5) is 0 Å². The Labute approximate surface area is 110 Å². The normalized spacial score (nSPS) is 12.6. The summed E-state index contributed by atoms with van der Waals surface area (Å²) in [6, 6.07) is 0. The second kappa shape index (κ2) is 11.2. The number of hydrogen-bond donors (Lipinski definition) is 3. The van der Waals surface area contributed by atoms with Gasteiger partial charge in [0.2, 0.25) is 5.78 Å². The van der Waals surface area contributed by atoms with E-state index >= 15 is 0 Å². The van der Waals surface area contributed by atoms with Crippen LogP contribution in [0.3, 0.4) is 0 Å². The van der Waals surface area contributed by atoms with Crippen LogP contribution in [-0.4, -0.2) is 52.9 Å². The second-order valence-corrected chi connectivity index (χ2v) is 2.74. The molecule has 0 radical (unpaired) electrons. The van der Waals surface area contributed by atoms with E-state index in [0.29, 0.717) is 0 Å². The zero-order chi connectivity index (χ0) is 15.4. The predicted molar refractivity (Wildman–Crippen MR) is 62.9 cm³/mol. The van der Waals surface area contributed by atoms with Crippen molar-refractivity contribution in [1.82, 2.24) is 0 Å². The average molecular weight is 278 g/mol. The molecule has 0 atom stereocenters. The van der Waals surface area contributed by atoms with Crippen molar-refractivity contribution in [2.75, 3.05) is 19.8 Å². The summed E-state index contributed by atoms with van der Waals surface area (Å²) in [4.78, 5) is 31.8. The molecule has 1 aliphatic heterocycles. The SMILES string of the molecule is CC.CC(=O)C(=O)OC1=C(O)COC1=O.OCCO. The van der Waals surface area contributed by atoms with Crippen molar-refractivity contribution in [2.24, 2.45) is 0 Å². The van der Waals surface area contributed by atoms with Gasteiger partial charge in [-0.15, -0.1) is 0 Å². The van der Waals surface area contributed by atoms with Gasteiger partial charge < -0.3 is 24.8 Å². The van der Waals surface area contributed by atoms with Gasteiger partial charge in [0.05, 0.1) is 13.2 Å². The number of esters is 2. The van der Waals surface area contributed by atoms with Crippen molar-refractivity contribution in [1.29, 1.82) is 0 Å². The maximum atomic E-state index is 10.7. The van der Waals surface area contributed by atoms with Crippen LogP contribution in [0, 0.1) is 0 Å². The molecule has 110 valence electrons. The number of Topliss-reactive ketones (excluding diaryl/α,β-unsaturated/α-hetero) is 1. The first-order valence-electron chi connectivity index (χ1n) is 5.47. The van der Waals surface area contributed by atoms with Gasteiger partial charge in [-0.05, 0) is 0 Å². The van der Waals surface area contributed by atoms with Gasteiger partial charge in [0.1, 0.15) is 0 Å².